The first kappa shape index (κ1) is 18.4. The van der Waals surface area contributed by atoms with Gasteiger partial charge >= 0.3 is 0 Å². The number of rotatable bonds is 4. The van der Waals surface area contributed by atoms with Crippen LogP contribution >= 0.6 is 0 Å². The van der Waals surface area contributed by atoms with Gasteiger partial charge in [0.05, 0.1) is 4.90 Å². The molecule has 2 aliphatic heterocycles. The van der Waals surface area contributed by atoms with Crippen LogP contribution in [-0.4, -0.2) is 50.9 Å². The molecule has 0 radical (unpaired) electrons. The Kier molecular flexibility index (Phi) is 6.09. The minimum atomic E-state index is -3.53. The van der Waals surface area contributed by atoms with Crippen LogP contribution in [0.1, 0.15) is 48.9 Å². The van der Waals surface area contributed by atoms with Gasteiger partial charge in [-0.15, -0.1) is 0 Å². The van der Waals surface area contributed by atoms with Crippen molar-refractivity contribution < 1.29 is 13.2 Å². The van der Waals surface area contributed by atoms with Gasteiger partial charge in [-0.25, -0.2) is 8.42 Å². The van der Waals surface area contributed by atoms with Gasteiger partial charge in [-0.05, 0) is 57.0 Å². The SMILES string of the molecule is O=C(NC1CCNCC1)c1cccc(S(=O)(=O)N2CCCCCC2)c1. The van der Waals surface area contributed by atoms with Crippen molar-refractivity contribution in [1.29, 1.82) is 0 Å². The van der Waals surface area contributed by atoms with E-state index in [1.807, 2.05) is 0 Å². The van der Waals surface area contributed by atoms with Crippen molar-refractivity contribution in [3.8, 4) is 0 Å². The summed E-state index contributed by atoms with van der Waals surface area (Å²) in [6.07, 6.45) is 5.74. The molecule has 0 spiro atoms. The molecule has 1 aromatic rings. The van der Waals surface area contributed by atoms with Gasteiger partial charge < -0.3 is 10.6 Å². The van der Waals surface area contributed by atoms with E-state index >= 15 is 0 Å². The van der Waals surface area contributed by atoms with Gasteiger partial charge in [0, 0.05) is 24.7 Å². The predicted octanol–water partition coefficient (Wildman–Crippen LogP) is 1.73. The van der Waals surface area contributed by atoms with Crippen molar-refractivity contribution in [2.45, 2.75) is 49.5 Å². The maximum absolute atomic E-state index is 12.9. The number of sulfonamides is 1. The van der Waals surface area contributed by atoms with E-state index in [4.69, 9.17) is 0 Å². The van der Waals surface area contributed by atoms with Gasteiger partial charge in [0.15, 0.2) is 0 Å². The molecule has 0 unspecified atom stereocenters. The number of nitrogens with zero attached hydrogens (tertiary/aromatic N) is 1. The molecule has 25 heavy (non-hydrogen) atoms. The fraction of sp³-hybridized carbons (Fsp3) is 0.611. The fourth-order valence-electron chi connectivity index (χ4n) is 3.46. The standard InChI is InChI=1S/C18H27N3O3S/c22-18(20-16-8-10-19-11-9-16)15-6-5-7-17(14-15)25(23,24)21-12-3-1-2-4-13-21/h5-7,14,16,19H,1-4,8-13H2,(H,20,22). The van der Waals surface area contributed by atoms with Crippen LogP contribution in [-0.2, 0) is 10.0 Å². The normalized spacial score (nSPS) is 20.8. The summed E-state index contributed by atoms with van der Waals surface area (Å²) >= 11 is 0. The quantitative estimate of drug-likeness (QED) is 0.852. The zero-order valence-electron chi connectivity index (χ0n) is 14.5. The fourth-order valence-corrected chi connectivity index (χ4v) is 5.03. The number of hydrogen-bond acceptors (Lipinski definition) is 4. The first-order valence-electron chi connectivity index (χ1n) is 9.19. The summed E-state index contributed by atoms with van der Waals surface area (Å²) in [4.78, 5) is 12.7. The Labute approximate surface area is 150 Å². The zero-order valence-corrected chi connectivity index (χ0v) is 15.4. The average Bonchev–Trinajstić information content (AvgIpc) is 2.93. The molecule has 0 atom stereocenters. The summed E-state index contributed by atoms with van der Waals surface area (Å²) in [6, 6.07) is 6.58. The van der Waals surface area contributed by atoms with Crippen molar-refractivity contribution >= 4 is 15.9 Å². The van der Waals surface area contributed by atoms with Crippen molar-refractivity contribution in [1.82, 2.24) is 14.9 Å². The van der Waals surface area contributed by atoms with E-state index in [-0.39, 0.29) is 16.8 Å². The summed E-state index contributed by atoms with van der Waals surface area (Å²) in [5.74, 6) is -0.195. The van der Waals surface area contributed by atoms with Crippen LogP contribution in [0.5, 0.6) is 0 Å². The smallest absolute Gasteiger partial charge is 0.251 e. The van der Waals surface area contributed by atoms with Crippen LogP contribution in [0, 0.1) is 0 Å². The Morgan fingerprint density at radius 1 is 1.08 bits per heavy atom. The van der Waals surface area contributed by atoms with Crippen LogP contribution in [0.3, 0.4) is 0 Å². The van der Waals surface area contributed by atoms with Crippen molar-refractivity contribution in [2.75, 3.05) is 26.2 Å². The Morgan fingerprint density at radius 3 is 2.44 bits per heavy atom. The number of carbonyl (C=O) groups is 1. The van der Waals surface area contributed by atoms with Crippen molar-refractivity contribution in [2.24, 2.45) is 0 Å². The van der Waals surface area contributed by atoms with Gasteiger partial charge in [0.2, 0.25) is 10.0 Å². The third kappa shape index (κ3) is 4.59. The molecule has 2 saturated heterocycles. The first-order valence-corrected chi connectivity index (χ1v) is 10.6. The van der Waals surface area contributed by atoms with Gasteiger partial charge in [-0.2, -0.15) is 4.31 Å². The number of hydrogen-bond donors (Lipinski definition) is 2. The van der Waals surface area contributed by atoms with Crippen LogP contribution in [0.15, 0.2) is 29.2 Å². The number of nitrogens with one attached hydrogen (secondary N) is 2. The lowest BCUT2D eigenvalue weighted by Gasteiger charge is -2.24. The van der Waals surface area contributed by atoms with E-state index < -0.39 is 10.0 Å². The minimum absolute atomic E-state index is 0.152. The lowest BCUT2D eigenvalue weighted by molar-refractivity contribution is 0.0929. The largest absolute Gasteiger partial charge is 0.349 e. The second-order valence-corrected chi connectivity index (χ2v) is 8.78. The van der Waals surface area contributed by atoms with E-state index in [0.717, 1.165) is 51.6 Å². The van der Waals surface area contributed by atoms with Gasteiger partial charge in [0.25, 0.3) is 5.91 Å². The maximum atomic E-state index is 12.9. The summed E-state index contributed by atoms with van der Waals surface area (Å²) in [7, 11) is -3.53. The minimum Gasteiger partial charge on any atom is -0.349 e. The molecular weight excluding hydrogens is 338 g/mol. The highest BCUT2D eigenvalue weighted by molar-refractivity contribution is 7.89. The summed E-state index contributed by atoms with van der Waals surface area (Å²) in [5.41, 5.74) is 0.412. The van der Waals surface area contributed by atoms with Crippen LogP contribution < -0.4 is 10.6 Å². The third-order valence-corrected chi connectivity index (χ3v) is 6.87. The van der Waals surface area contributed by atoms with E-state index in [0.29, 0.717) is 18.7 Å². The highest BCUT2D eigenvalue weighted by atomic mass is 32.2. The topological polar surface area (TPSA) is 78.5 Å². The lowest BCUT2D eigenvalue weighted by atomic mass is 10.1. The highest BCUT2D eigenvalue weighted by Crippen LogP contribution is 2.21. The van der Waals surface area contributed by atoms with Crippen LogP contribution in [0.25, 0.3) is 0 Å². The lowest BCUT2D eigenvalue weighted by Crippen LogP contribution is -2.42. The molecule has 0 bridgehead atoms. The van der Waals surface area contributed by atoms with Gasteiger partial charge in [-0.3, -0.25) is 4.79 Å². The van der Waals surface area contributed by atoms with E-state index in [9.17, 15) is 13.2 Å². The number of amides is 1. The number of benzene rings is 1. The molecule has 6 nitrogen and oxygen atoms in total. The van der Waals surface area contributed by atoms with Crippen molar-refractivity contribution in [3.05, 3.63) is 29.8 Å². The average molecular weight is 365 g/mol. The molecule has 0 aliphatic carbocycles. The van der Waals surface area contributed by atoms with Crippen molar-refractivity contribution in [3.63, 3.8) is 0 Å². The molecule has 7 heteroatoms. The molecule has 2 fully saturated rings. The molecule has 3 rings (SSSR count). The Bertz CT molecular complexity index is 691. The summed E-state index contributed by atoms with van der Waals surface area (Å²) < 4.78 is 27.3. The molecule has 2 aliphatic rings. The molecule has 1 aromatic carbocycles. The molecule has 0 aromatic heterocycles. The monoisotopic (exact) mass is 365 g/mol. The summed E-state index contributed by atoms with van der Waals surface area (Å²) in [6.45, 7) is 2.92. The first-order chi connectivity index (χ1) is 12.1. The Balaban J connectivity index is 1.74. The predicted molar refractivity (Wildman–Crippen MR) is 97.0 cm³/mol. The molecule has 2 N–H and O–H groups in total. The number of carbonyl (C=O) groups excluding carboxylic acids is 1. The van der Waals surface area contributed by atoms with E-state index in [2.05, 4.69) is 10.6 Å². The maximum Gasteiger partial charge on any atom is 0.251 e. The second-order valence-electron chi connectivity index (χ2n) is 6.84. The molecule has 2 heterocycles. The molecule has 1 amide bonds. The van der Waals surface area contributed by atoms with Crippen LogP contribution in [0.4, 0.5) is 0 Å². The zero-order chi connectivity index (χ0) is 17.7. The van der Waals surface area contributed by atoms with E-state index in [1.54, 1.807) is 22.5 Å². The molecular formula is C18H27N3O3S. The van der Waals surface area contributed by atoms with E-state index in [1.165, 1.54) is 6.07 Å². The summed E-state index contributed by atoms with van der Waals surface area (Å²) in [5, 5.41) is 6.28. The Morgan fingerprint density at radius 2 is 1.76 bits per heavy atom. The molecule has 138 valence electrons. The Hall–Kier alpha value is -1.44. The van der Waals surface area contributed by atoms with Gasteiger partial charge in [0.1, 0.15) is 0 Å². The van der Waals surface area contributed by atoms with Gasteiger partial charge in [-0.1, -0.05) is 18.9 Å². The number of piperidine rings is 1. The third-order valence-electron chi connectivity index (χ3n) is 4.97. The second kappa shape index (κ2) is 8.29. The van der Waals surface area contributed by atoms with Crippen LogP contribution in [0.2, 0.25) is 0 Å². The highest BCUT2D eigenvalue weighted by Gasteiger charge is 2.26. The molecule has 0 saturated carbocycles.